The Morgan fingerprint density at radius 1 is 1.39 bits per heavy atom. The predicted molar refractivity (Wildman–Crippen MR) is 135 cm³/mol. The Hall–Kier alpha value is -3.49. The first-order valence-electron chi connectivity index (χ1n) is 10.9. The second-order valence-corrected chi connectivity index (χ2v) is 11.4. The molecule has 4 N–H and O–H groups in total. The standard InChI is InChI=1S/C22H26N6O6S2/c1-27(2)22-25-11-18(35-22)36(32,33)26-15-5-7-28(20(15)29)16(21(30)31)9-13-8-12-4-6-24-19(23)14(12)10-17(13)34-3/h4,6,8,10-11,15-16,26H,5,7,9H2,1-3H3,(H2,23,24)(H,30,31)/t15-,16+/m0/s1. The molecule has 0 aliphatic carbocycles. The van der Waals surface area contributed by atoms with Crippen molar-refractivity contribution >= 4 is 55.0 Å². The number of nitrogens with two attached hydrogens (primary N) is 1. The quantitative estimate of drug-likeness (QED) is 0.359. The van der Waals surface area contributed by atoms with Gasteiger partial charge in [0, 0.05) is 38.6 Å². The van der Waals surface area contributed by atoms with E-state index in [0.29, 0.717) is 27.6 Å². The Morgan fingerprint density at radius 3 is 2.78 bits per heavy atom. The molecule has 1 aliphatic heterocycles. The number of sulfonamides is 1. The molecule has 14 heteroatoms. The van der Waals surface area contributed by atoms with Gasteiger partial charge in [0.1, 0.15) is 23.7 Å². The highest BCUT2D eigenvalue weighted by Gasteiger charge is 2.41. The van der Waals surface area contributed by atoms with Crippen molar-refractivity contribution in [2.75, 3.05) is 38.4 Å². The molecule has 1 fully saturated rings. The summed E-state index contributed by atoms with van der Waals surface area (Å²) < 4.78 is 33.5. The molecule has 12 nitrogen and oxygen atoms in total. The SMILES string of the molecule is COc1cc2c(N)nccc2cc1C[C@H](C(=O)O)N1CC[C@H](NS(=O)(=O)c2cnc(N(C)C)s2)C1=O. The van der Waals surface area contributed by atoms with Crippen molar-refractivity contribution in [3.8, 4) is 5.75 Å². The molecule has 0 spiro atoms. The molecule has 3 heterocycles. The van der Waals surface area contributed by atoms with Crippen LogP contribution in [0.3, 0.4) is 0 Å². The van der Waals surface area contributed by atoms with Crippen molar-refractivity contribution in [2.45, 2.75) is 29.1 Å². The molecular formula is C22H26N6O6S2. The number of anilines is 2. The summed E-state index contributed by atoms with van der Waals surface area (Å²) in [6.07, 6.45) is 2.88. The number of carbonyl (C=O) groups is 2. The molecule has 36 heavy (non-hydrogen) atoms. The minimum Gasteiger partial charge on any atom is -0.496 e. The maximum absolute atomic E-state index is 13.1. The van der Waals surface area contributed by atoms with Crippen LogP contribution in [0.5, 0.6) is 5.75 Å². The van der Waals surface area contributed by atoms with Gasteiger partial charge in [0.2, 0.25) is 5.91 Å². The second-order valence-electron chi connectivity index (χ2n) is 8.49. The van der Waals surface area contributed by atoms with Crippen molar-refractivity contribution in [2.24, 2.45) is 0 Å². The van der Waals surface area contributed by atoms with Crippen molar-refractivity contribution in [3.63, 3.8) is 0 Å². The van der Waals surface area contributed by atoms with E-state index in [1.54, 1.807) is 43.4 Å². The number of fused-ring (bicyclic) bond motifs is 1. The van der Waals surface area contributed by atoms with Gasteiger partial charge in [0.05, 0.1) is 13.3 Å². The number of pyridine rings is 1. The number of carboxylic acid groups (broad SMARTS) is 1. The lowest BCUT2D eigenvalue weighted by molar-refractivity contribution is -0.148. The first-order chi connectivity index (χ1) is 17.0. The van der Waals surface area contributed by atoms with E-state index >= 15 is 0 Å². The number of amides is 1. The minimum atomic E-state index is -4.01. The summed E-state index contributed by atoms with van der Waals surface area (Å²) in [5, 5.41) is 11.9. The Kier molecular flexibility index (Phi) is 7.02. The first kappa shape index (κ1) is 25.6. The van der Waals surface area contributed by atoms with Gasteiger partial charge in [-0.2, -0.15) is 4.72 Å². The fraction of sp³-hybridized carbons (Fsp3) is 0.364. The number of benzene rings is 1. The van der Waals surface area contributed by atoms with Crippen LogP contribution in [-0.4, -0.2) is 80.1 Å². The molecule has 2 atom stereocenters. The van der Waals surface area contributed by atoms with Crippen LogP contribution in [0.1, 0.15) is 12.0 Å². The number of carbonyl (C=O) groups excluding carboxylic acids is 1. The summed E-state index contributed by atoms with van der Waals surface area (Å²) in [6, 6.07) is 2.89. The number of ether oxygens (including phenoxy) is 1. The first-order valence-corrected chi connectivity index (χ1v) is 13.2. The lowest BCUT2D eigenvalue weighted by Gasteiger charge is -2.25. The number of carboxylic acids is 1. The van der Waals surface area contributed by atoms with Crippen LogP contribution in [0.15, 0.2) is 34.8 Å². The fourth-order valence-corrected chi connectivity index (χ4v) is 6.39. The molecule has 192 valence electrons. The van der Waals surface area contributed by atoms with Crippen molar-refractivity contribution in [3.05, 3.63) is 36.2 Å². The number of nitrogens with zero attached hydrogens (tertiary/aromatic N) is 4. The third-order valence-corrected chi connectivity index (χ3v) is 9.03. The zero-order valence-corrected chi connectivity index (χ0v) is 21.5. The number of nitrogens with one attached hydrogen (secondary N) is 1. The van der Waals surface area contributed by atoms with Crippen molar-refractivity contribution < 1.29 is 27.9 Å². The van der Waals surface area contributed by atoms with E-state index in [1.807, 2.05) is 0 Å². The Labute approximate surface area is 211 Å². The third kappa shape index (κ3) is 4.92. The van der Waals surface area contributed by atoms with Crippen molar-refractivity contribution in [1.82, 2.24) is 19.6 Å². The van der Waals surface area contributed by atoms with Crippen LogP contribution in [0.25, 0.3) is 10.8 Å². The lowest BCUT2D eigenvalue weighted by Crippen LogP contribution is -2.48. The number of methoxy groups -OCH3 is 1. The summed E-state index contributed by atoms with van der Waals surface area (Å²) in [6.45, 7) is 0.0847. The zero-order valence-electron chi connectivity index (χ0n) is 19.8. The number of nitrogen functional groups attached to an aromatic ring is 1. The summed E-state index contributed by atoms with van der Waals surface area (Å²) in [5.41, 5.74) is 6.52. The molecule has 0 unspecified atom stereocenters. The van der Waals surface area contributed by atoms with Crippen molar-refractivity contribution in [1.29, 1.82) is 0 Å². The number of likely N-dealkylation sites (tertiary alicyclic amines) is 1. The van der Waals surface area contributed by atoms with Crippen LogP contribution in [0.4, 0.5) is 10.9 Å². The number of aromatic nitrogens is 2. The van der Waals surface area contributed by atoms with E-state index in [4.69, 9.17) is 10.5 Å². The average molecular weight is 535 g/mol. The molecule has 0 bridgehead atoms. The van der Waals surface area contributed by atoms with Gasteiger partial charge in [-0.25, -0.2) is 23.2 Å². The van der Waals surface area contributed by atoms with Gasteiger partial charge in [-0.3, -0.25) is 4.79 Å². The molecular weight excluding hydrogens is 508 g/mol. The van der Waals surface area contributed by atoms with E-state index < -0.39 is 34.0 Å². The molecule has 3 aromatic rings. The van der Waals surface area contributed by atoms with Crippen LogP contribution in [0, 0.1) is 0 Å². The van der Waals surface area contributed by atoms with Crippen LogP contribution < -0.4 is 20.1 Å². The van der Waals surface area contributed by atoms with Gasteiger partial charge in [-0.15, -0.1) is 0 Å². The van der Waals surface area contributed by atoms with Gasteiger partial charge >= 0.3 is 5.97 Å². The molecule has 2 aromatic heterocycles. The van der Waals surface area contributed by atoms with E-state index in [1.165, 1.54) is 18.2 Å². The van der Waals surface area contributed by atoms with Gasteiger partial charge in [-0.05, 0) is 35.6 Å². The molecule has 1 aliphatic rings. The van der Waals surface area contributed by atoms with Crippen LogP contribution in [-0.2, 0) is 26.0 Å². The maximum atomic E-state index is 13.1. The predicted octanol–water partition coefficient (Wildman–Crippen LogP) is 0.923. The lowest BCUT2D eigenvalue weighted by atomic mass is 10.00. The Balaban J connectivity index is 1.56. The highest BCUT2D eigenvalue weighted by atomic mass is 32.2. The smallest absolute Gasteiger partial charge is 0.326 e. The number of hydrogen-bond donors (Lipinski definition) is 3. The highest BCUT2D eigenvalue weighted by molar-refractivity contribution is 7.91. The summed E-state index contributed by atoms with van der Waals surface area (Å²) in [4.78, 5) is 36.3. The van der Waals surface area contributed by atoms with Gasteiger partial charge in [0.15, 0.2) is 9.34 Å². The van der Waals surface area contributed by atoms with E-state index in [9.17, 15) is 23.1 Å². The van der Waals surface area contributed by atoms with Gasteiger partial charge < -0.3 is 25.4 Å². The number of rotatable bonds is 9. The molecule has 1 aromatic carbocycles. The molecule has 1 saturated heterocycles. The van der Waals surface area contributed by atoms with Crippen LogP contribution in [0.2, 0.25) is 0 Å². The number of aliphatic carboxylic acids is 1. The van der Waals surface area contributed by atoms with Gasteiger partial charge in [0.25, 0.3) is 10.0 Å². The number of thiazole rings is 1. The highest BCUT2D eigenvalue weighted by Crippen LogP contribution is 2.31. The van der Waals surface area contributed by atoms with Crippen LogP contribution >= 0.6 is 11.3 Å². The second kappa shape index (κ2) is 9.87. The van der Waals surface area contributed by atoms with E-state index in [2.05, 4.69) is 14.7 Å². The largest absolute Gasteiger partial charge is 0.496 e. The normalized spacial score (nSPS) is 16.9. The number of hydrogen-bond acceptors (Lipinski definition) is 10. The van der Waals surface area contributed by atoms with Gasteiger partial charge in [-0.1, -0.05) is 11.3 Å². The summed E-state index contributed by atoms with van der Waals surface area (Å²) in [5.74, 6) is -1.08. The summed E-state index contributed by atoms with van der Waals surface area (Å²) in [7, 11) is 0.927. The molecule has 0 saturated carbocycles. The Morgan fingerprint density at radius 2 is 2.14 bits per heavy atom. The van der Waals surface area contributed by atoms with E-state index in [0.717, 1.165) is 16.7 Å². The topological polar surface area (TPSA) is 168 Å². The average Bonchev–Trinajstić information content (AvgIpc) is 3.46. The zero-order chi connectivity index (χ0) is 26.2. The third-order valence-electron chi connectivity index (χ3n) is 5.93. The minimum absolute atomic E-state index is 0.0260. The maximum Gasteiger partial charge on any atom is 0.326 e. The fourth-order valence-electron chi connectivity index (χ4n) is 4.11. The molecule has 0 radical (unpaired) electrons. The Bertz CT molecular complexity index is 1420. The molecule has 4 rings (SSSR count). The monoisotopic (exact) mass is 534 g/mol. The summed E-state index contributed by atoms with van der Waals surface area (Å²) >= 11 is 0.970. The van der Waals surface area contributed by atoms with E-state index in [-0.39, 0.29) is 23.6 Å². The molecule has 1 amide bonds.